The molecule has 1 heterocycles. The Bertz CT molecular complexity index is 322. The number of thiophene rings is 1. The fraction of sp³-hybridized carbons (Fsp3) is 0.615. The molecule has 1 aromatic heterocycles. The van der Waals surface area contributed by atoms with Gasteiger partial charge in [-0.25, -0.2) is 0 Å². The summed E-state index contributed by atoms with van der Waals surface area (Å²) in [6.45, 7) is 6.28. The molecule has 0 N–H and O–H groups in total. The highest BCUT2D eigenvalue weighted by atomic mass is 32.1. The molecule has 4 heteroatoms. The lowest BCUT2D eigenvalue weighted by Crippen LogP contribution is -2.31. The lowest BCUT2D eigenvalue weighted by atomic mass is 10.2. The molecule has 0 aliphatic rings. The molecule has 0 unspecified atom stereocenters. The van der Waals surface area contributed by atoms with Crippen LogP contribution in [0.15, 0.2) is 17.5 Å². The van der Waals surface area contributed by atoms with E-state index in [1.165, 1.54) is 12.0 Å². The standard InChI is InChI=1S/C13H21NO2S/c1-11(2)14(8-4-7-13(15)16-3)10-12-6-5-9-17-12/h5-6,9,11H,4,7-8,10H2,1-3H3. The number of methoxy groups -OCH3 is 1. The van der Waals surface area contributed by atoms with Gasteiger partial charge in [0.2, 0.25) is 0 Å². The second-order valence-corrected chi connectivity index (χ2v) is 5.36. The van der Waals surface area contributed by atoms with E-state index in [4.69, 9.17) is 0 Å². The quantitative estimate of drug-likeness (QED) is 0.702. The Morgan fingerprint density at radius 1 is 1.53 bits per heavy atom. The summed E-state index contributed by atoms with van der Waals surface area (Å²) in [5, 5.41) is 2.10. The summed E-state index contributed by atoms with van der Waals surface area (Å²) in [6, 6.07) is 4.72. The molecule has 17 heavy (non-hydrogen) atoms. The van der Waals surface area contributed by atoms with Crippen molar-refractivity contribution < 1.29 is 9.53 Å². The van der Waals surface area contributed by atoms with Gasteiger partial charge in [-0.1, -0.05) is 6.07 Å². The fourth-order valence-electron chi connectivity index (χ4n) is 1.65. The monoisotopic (exact) mass is 255 g/mol. The number of nitrogens with zero attached hydrogens (tertiary/aromatic N) is 1. The van der Waals surface area contributed by atoms with E-state index in [0.717, 1.165) is 19.5 Å². The molecule has 0 saturated heterocycles. The van der Waals surface area contributed by atoms with E-state index >= 15 is 0 Å². The number of esters is 1. The lowest BCUT2D eigenvalue weighted by molar-refractivity contribution is -0.140. The van der Waals surface area contributed by atoms with Gasteiger partial charge >= 0.3 is 5.97 Å². The molecule has 0 aliphatic carbocycles. The number of rotatable bonds is 7. The predicted octanol–water partition coefficient (Wildman–Crippen LogP) is 2.91. The Morgan fingerprint density at radius 2 is 2.29 bits per heavy atom. The Morgan fingerprint density at radius 3 is 2.82 bits per heavy atom. The van der Waals surface area contributed by atoms with Gasteiger partial charge in [0.15, 0.2) is 0 Å². The fourth-order valence-corrected chi connectivity index (χ4v) is 2.38. The van der Waals surface area contributed by atoms with Gasteiger partial charge in [-0.2, -0.15) is 0 Å². The van der Waals surface area contributed by atoms with Crippen molar-refractivity contribution in [2.24, 2.45) is 0 Å². The molecule has 0 saturated carbocycles. The van der Waals surface area contributed by atoms with Gasteiger partial charge in [-0.3, -0.25) is 9.69 Å². The van der Waals surface area contributed by atoms with Crippen LogP contribution in [0.5, 0.6) is 0 Å². The maximum atomic E-state index is 11.0. The minimum atomic E-state index is -0.121. The second-order valence-electron chi connectivity index (χ2n) is 4.32. The maximum absolute atomic E-state index is 11.0. The highest BCUT2D eigenvalue weighted by molar-refractivity contribution is 7.09. The van der Waals surface area contributed by atoms with E-state index in [2.05, 4.69) is 41.0 Å². The first-order valence-electron chi connectivity index (χ1n) is 5.96. The summed E-state index contributed by atoms with van der Waals surface area (Å²) in [4.78, 5) is 14.8. The average Bonchev–Trinajstić information content (AvgIpc) is 2.80. The molecule has 0 spiro atoms. The van der Waals surface area contributed by atoms with Gasteiger partial charge in [0, 0.05) is 23.9 Å². The number of carbonyl (C=O) groups excluding carboxylic acids is 1. The van der Waals surface area contributed by atoms with Crippen molar-refractivity contribution in [2.75, 3.05) is 13.7 Å². The van der Waals surface area contributed by atoms with Gasteiger partial charge < -0.3 is 4.74 Å². The van der Waals surface area contributed by atoms with Crippen LogP contribution in [-0.2, 0) is 16.1 Å². The third kappa shape index (κ3) is 5.33. The van der Waals surface area contributed by atoms with E-state index < -0.39 is 0 Å². The Hall–Kier alpha value is -0.870. The molecular formula is C13H21NO2S. The topological polar surface area (TPSA) is 29.5 Å². The highest BCUT2D eigenvalue weighted by Gasteiger charge is 2.11. The van der Waals surface area contributed by atoms with Crippen LogP contribution >= 0.6 is 11.3 Å². The zero-order valence-corrected chi connectivity index (χ0v) is 11.6. The number of hydrogen-bond donors (Lipinski definition) is 0. The smallest absolute Gasteiger partial charge is 0.305 e. The first-order chi connectivity index (χ1) is 8.13. The summed E-state index contributed by atoms with van der Waals surface area (Å²) >= 11 is 1.78. The molecule has 0 atom stereocenters. The second kappa shape index (κ2) is 7.45. The maximum Gasteiger partial charge on any atom is 0.305 e. The SMILES string of the molecule is COC(=O)CCCN(Cc1cccs1)C(C)C. The third-order valence-corrected chi connectivity index (χ3v) is 3.58. The molecular weight excluding hydrogens is 234 g/mol. The average molecular weight is 255 g/mol. The van der Waals surface area contributed by atoms with Gasteiger partial charge in [-0.15, -0.1) is 11.3 Å². The van der Waals surface area contributed by atoms with Crippen LogP contribution in [0.1, 0.15) is 31.6 Å². The molecule has 0 amide bonds. The number of ether oxygens (including phenoxy) is 1. The van der Waals surface area contributed by atoms with Crippen LogP contribution < -0.4 is 0 Å². The van der Waals surface area contributed by atoms with Crippen LogP contribution in [0.25, 0.3) is 0 Å². The summed E-state index contributed by atoms with van der Waals surface area (Å²) < 4.78 is 4.64. The van der Waals surface area contributed by atoms with Crippen LogP contribution in [0.2, 0.25) is 0 Å². The minimum absolute atomic E-state index is 0.121. The molecule has 0 aliphatic heterocycles. The van der Waals surface area contributed by atoms with Crippen LogP contribution in [0.3, 0.4) is 0 Å². The van der Waals surface area contributed by atoms with Crippen LogP contribution in [0.4, 0.5) is 0 Å². The number of carbonyl (C=O) groups is 1. The van der Waals surface area contributed by atoms with Gasteiger partial charge in [0.1, 0.15) is 0 Å². The normalized spacial score (nSPS) is 11.1. The first kappa shape index (κ1) is 14.2. The van der Waals surface area contributed by atoms with Crippen molar-refractivity contribution in [2.45, 2.75) is 39.3 Å². The molecule has 0 radical (unpaired) electrons. The van der Waals surface area contributed by atoms with Gasteiger partial charge in [0.05, 0.1) is 7.11 Å². The minimum Gasteiger partial charge on any atom is -0.469 e. The van der Waals surface area contributed by atoms with Crippen molar-refractivity contribution in [3.8, 4) is 0 Å². The van der Waals surface area contributed by atoms with Crippen molar-refractivity contribution in [1.29, 1.82) is 0 Å². The lowest BCUT2D eigenvalue weighted by Gasteiger charge is -2.25. The molecule has 3 nitrogen and oxygen atoms in total. The van der Waals surface area contributed by atoms with E-state index in [9.17, 15) is 4.79 Å². The van der Waals surface area contributed by atoms with Crippen molar-refractivity contribution >= 4 is 17.3 Å². The Kier molecular flexibility index (Phi) is 6.22. The van der Waals surface area contributed by atoms with Crippen molar-refractivity contribution in [1.82, 2.24) is 4.90 Å². The zero-order valence-electron chi connectivity index (χ0n) is 10.8. The van der Waals surface area contributed by atoms with E-state index in [1.54, 1.807) is 11.3 Å². The van der Waals surface area contributed by atoms with Crippen molar-refractivity contribution in [3.05, 3.63) is 22.4 Å². The predicted molar refractivity (Wildman–Crippen MR) is 71.1 cm³/mol. The molecule has 1 rings (SSSR count). The summed E-state index contributed by atoms with van der Waals surface area (Å²) in [6.07, 6.45) is 1.36. The molecule has 1 aromatic rings. The molecule has 0 fully saturated rings. The summed E-state index contributed by atoms with van der Waals surface area (Å²) in [5.74, 6) is -0.121. The molecule has 96 valence electrons. The molecule has 0 aromatic carbocycles. The van der Waals surface area contributed by atoms with E-state index in [1.807, 2.05) is 0 Å². The summed E-state index contributed by atoms with van der Waals surface area (Å²) in [5.41, 5.74) is 0. The number of hydrogen-bond acceptors (Lipinski definition) is 4. The van der Waals surface area contributed by atoms with E-state index in [-0.39, 0.29) is 5.97 Å². The van der Waals surface area contributed by atoms with Gasteiger partial charge in [-0.05, 0) is 38.3 Å². The zero-order chi connectivity index (χ0) is 12.7. The third-order valence-electron chi connectivity index (χ3n) is 2.72. The van der Waals surface area contributed by atoms with Crippen molar-refractivity contribution in [3.63, 3.8) is 0 Å². The Labute approximate surface area is 107 Å². The van der Waals surface area contributed by atoms with E-state index in [0.29, 0.717) is 12.5 Å². The highest BCUT2D eigenvalue weighted by Crippen LogP contribution is 2.14. The largest absolute Gasteiger partial charge is 0.469 e. The molecule has 0 bridgehead atoms. The van der Waals surface area contributed by atoms with Crippen LogP contribution in [0, 0.1) is 0 Å². The first-order valence-corrected chi connectivity index (χ1v) is 6.84. The van der Waals surface area contributed by atoms with Crippen LogP contribution in [-0.4, -0.2) is 30.6 Å². The summed E-state index contributed by atoms with van der Waals surface area (Å²) in [7, 11) is 1.44. The van der Waals surface area contributed by atoms with Gasteiger partial charge in [0.25, 0.3) is 0 Å². The Balaban J connectivity index is 2.36.